The van der Waals surface area contributed by atoms with Gasteiger partial charge in [0.25, 0.3) is 0 Å². The van der Waals surface area contributed by atoms with Gasteiger partial charge in [0.2, 0.25) is 0 Å². The Hall–Kier alpha value is -1.05. The van der Waals surface area contributed by atoms with Crippen molar-refractivity contribution < 1.29 is 44.8 Å². The zero-order valence-corrected chi connectivity index (χ0v) is 30.8. The summed E-state index contributed by atoms with van der Waals surface area (Å²) < 4.78 is 1.59. The van der Waals surface area contributed by atoms with Gasteiger partial charge in [-0.15, -0.1) is 13.3 Å². The minimum absolute atomic E-state index is 0. The minimum Gasteiger partial charge on any atom is -1.00 e. The summed E-state index contributed by atoms with van der Waals surface area (Å²) in [5, 5.41) is 0. The fourth-order valence-electron chi connectivity index (χ4n) is 8.16. The first-order valence-corrected chi connectivity index (χ1v) is 16.4. The van der Waals surface area contributed by atoms with Crippen molar-refractivity contribution >= 4 is 9.38 Å². The summed E-state index contributed by atoms with van der Waals surface area (Å²) in [6.07, 6.45) is 21.0. The molecule has 1 saturated carbocycles. The van der Waals surface area contributed by atoms with Gasteiger partial charge in [0.15, 0.2) is 0 Å². The topological polar surface area (TPSA) is 0 Å². The van der Waals surface area contributed by atoms with Crippen molar-refractivity contribution in [3.05, 3.63) is 94.5 Å². The Morgan fingerprint density at radius 1 is 0.952 bits per heavy atom. The van der Waals surface area contributed by atoms with Crippen LogP contribution in [0.3, 0.4) is 0 Å². The van der Waals surface area contributed by atoms with Crippen molar-refractivity contribution in [1.82, 2.24) is 0 Å². The van der Waals surface area contributed by atoms with Gasteiger partial charge < -0.3 is 24.8 Å². The van der Waals surface area contributed by atoms with Crippen LogP contribution in [0.1, 0.15) is 112 Å². The van der Waals surface area contributed by atoms with Crippen LogP contribution in [0.5, 0.6) is 0 Å². The van der Waals surface area contributed by atoms with Crippen LogP contribution in [0.4, 0.5) is 0 Å². The quantitative estimate of drug-likeness (QED) is 0.322. The Bertz CT molecular complexity index is 1280. The maximum absolute atomic E-state index is 2.99. The van der Waals surface area contributed by atoms with Crippen LogP contribution in [0.2, 0.25) is 0 Å². The van der Waals surface area contributed by atoms with Gasteiger partial charge in [0.1, 0.15) is 0 Å². The first kappa shape index (κ1) is 37.1. The van der Waals surface area contributed by atoms with E-state index in [0.29, 0.717) is 5.92 Å². The van der Waals surface area contributed by atoms with Gasteiger partial charge >= 0.3 is 50.5 Å². The van der Waals surface area contributed by atoms with Gasteiger partial charge in [-0.2, -0.15) is 17.2 Å². The molecule has 3 heteroatoms. The number of hydrogen-bond acceptors (Lipinski definition) is 0. The minimum atomic E-state index is 0. The van der Waals surface area contributed by atoms with Gasteiger partial charge in [-0.1, -0.05) is 113 Å². The average molecular weight is 640 g/mol. The van der Waals surface area contributed by atoms with E-state index >= 15 is 0 Å². The van der Waals surface area contributed by atoms with Gasteiger partial charge in [-0.3, -0.25) is 6.08 Å². The van der Waals surface area contributed by atoms with E-state index in [-0.39, 0.29) is 46.5 Å². The van der Waals surface area contributed by atoms with E-state index in [1.807, 2.05) is 12.2 Å². The Morgan fingerprint density at radius 3 is 2.12 bits per heavy atom. The first-order chi connectivity index (χ1) is 18.8. The number of hydrogen-bond donors (Lipinski definition) is 0. The molecule has 6 rings (SSSR count). The van der Waals surface area contributed by atoms with E-state index in [0.717, 1.165) is 12.8 Å². The summed E-state index contributed by atoms with van der Waals surface area (Å²) in [5.74, 6) is 2.24. The molecule has 0 amide bonds. The van der Waals surface area contributed by atoms with Crippen LogP contribution in [0, 0.1) is 39.6 Å². The number of rotatable bonds is 2. The molecule has 5 aliphatic rings. The molecule has 0 spiro atoms. The molecular weight excluding hydrogens is 587 g/mol. The van der Waals surface area contributed by atoms with E-state index in [1.165, 1.54) is 36.8 Å². The molecule has 1 aromatic carbocycles. The number of fused-ring (bicyclic) bond motifs is 6. The second-order valence-corrected chi connectivity index (χ2v) is 15.2. The van der Waals surface area contributed by atoms with Crippen molar-refractivity contribution in [2.24, 2.45) is 27.6 Å². The normalized spacial score (nSPS) is 26.3. The summed E-state index contributed by atoms with van der Waals surface area (Å²) in [5.41, 5.74) is 10.3. The van der Waals surface area contributed by atoms with Crippen molar-refractivity contribution in [1.29, 1.82) is 0 Å². The predicted molar refractivity (Wildman–Crippen MR) is 171 cm³/mol. The molecule has 0 bridgehead atoms. The van der Waals surface area contributed by atoms with Gasteiger partial charge in [0, 0.05) is 0 Å². The Morgan fingerprint density at radius 2 is 1.60 bits per heavy atom. The molecular formula is C39H52Cl2Ti-2. The van der Waals surface area contributed by atoms with Gasteiger partial charge in [-0.25, -0.2) is 18.1 Å². The SMILES string of the molecule is CC[C](=[Ti+2])CC.C[C-]1C2=C3Cc4ccccc4C3=C3C=CCCC3C2(C)C(C)(C)C(C)(C)C1(C)C.[C-]1=CC=CC1.[Cl-].[Cl-]. The molecule has 0 aliphatic heterocycles. The predicted octanol–water partition coefficient (Wildman–Crippen LogP) is 4.80. The van der Waals surface area contributed by atoms with Crippen molar-refractivity contribution in [3.8, 4) is 0 Å². The third kappa shape index (κ3) is 5.73. The molecule has 2 atom stereocenters. The zero-order chi connectivity index (χ0) is 29.5. The Labute approximate surface area is 282 Å². The Kier molecular flexibility index (Phi) is 12.3. The standard InChI is InChI=1S/C29H37.C5H5.C5H10.2ClH.Ti/c1-18-25-22-17-19-13-9-10-14-20(19)24(22)21-15-11-12-16-23(21)29(25,8)28(6,7)27(4,5)26(18,2)3;1-2-4-5-3-1;1-3-5-4-2;;;/h9-11,13-15,23H,12,16-17H2,1-8H3;1-3H,4H2;3-4H2,1-2H3;2*1H;/q2*-1;;;;+2/p-2. The molecule has 42 heavy (non-hydrogen) atoms. The first-order valence-electron chi connectivity index (χ1n) is 15.6. The molecule has 228 valence electrons. The van der Waals surface area contributed by atoms with Crippen LogP contribution >= 0.6 is 0 Å². The second kappa shape index (κ2) is 13.9. The van der Waals surface area contributed by atoms with Crippen LogP contribution in [-0.2, 0) is 26.4 Å². The molecule has 0 saturated heterocycles. The molecule has 0 nitrogen and oxygen atoms in total. The summed E-state index contributed by atoms with van der Waals surface area (Å²) in [4.78, 5) is 0. The van der Waals surface area contributed by atoms with Crippen molar-refractivity contribution in [2.45, 2.75) is 108 Å². The summed E-state index contributed by atoms with van der Waals surface area (Å²) >= 11 is 2.19. The van der Waals surface area contributed by atoms with Gasteiger partial charge in [-0.05, 0) is 40.6 Å². The molecule has 2 unspecified atom stereocenters. The molecule has 0 heterocycles. The molecule has 1 aromatic rings. The zero-order valence-electron chi connectivity index (χ0n) is 27.8. The maximum atomic E-state index is 2.99. The monoisotopic (exact) mass is 638 g/mol. The summed E-state index contributed by atoms with van der Waals surface area (Å²) in [6.45, 7) is 24.7. The number of benzene rings is 1. The van der Waals surface area contributed by atoms with Crippen molar-refractivity contribution in [2.75, 3.05) is 0 Å². The molecule has 0 radical (unpaired) electrons. The molecule has 5 aliphatic carbocycles. The average Bonchev–Trinajstić information content (AvgIpc) is 3.64. The molecule has 0 aromatic heterocycles. The number of halogens is 2. The van der Waals surface area contributed by atoms with Crippen LogP contribution < -0.4 is 24.8 Å². The van der Waals surface area contributed by atoms with Crippen LogP contribution in [0.15, 0.2) is 71.4 Å². The molecule has 0 N–H and O–H groups in total. The fourth-order valence-corrected chi connectivity index (χ4v) is 8.16. The van der Waals surface area contributed by atoms with E-state index in [9.17, 15) is 0 Å². The summed E-state index contributed by atoms with van der Waals surface area (Å²) in [6, 6.07) is 9.16. The van der Waals surface area contributed by atoms with E-state index < -0.39 is 0 Å². The molecule has 1 fully saturated rings. The summed E-state index contributed by atoms with van der Waals surface area (Å²) in [7, 11) is 0. The Balaban J connectivity index is 0.000000403. The second-order valence-electron chi connectivity index (χ2n) is 14.1. The van der Waals surface area contributed by atoms with Gasteiger partial charge in [0.05, 0.1) is 0 Å². The maximum Gasteiger partial charge on any atom is -0.00969 e. The fraction of sp³-hybridized carbons (Fsp3) is 0.538. The third-order valence-corrected chi connectivity index (χ3v) is 13.3. The van der Waals surface area contributed by atoms with Crippen LogP contribution in [-0.4, -0.2) is 3.81 Å². The van der Waals surface area contributed by atoms with E-state index in [1.54, 1.807) is 32.0 Å². The van der Waals surface area contributed by atoms with E-state index in [4.69, 9.17) is 0 Å². The number of allylic oxidation sites excluding steroid dienone is 10. The largest absolute Gasteiger partial charge is 1.00 e. The van der Waals surface area contributed by atoms with Crippen LogP contribution in [0.25, 0.3) is 5.57 Å². The van der Waals surface area contributed by atoms with E-state index in [2.05, 4.69) is 138 Å². The third-order valence-electron chi connectivity index (χ3n) is 12.2. The smallest absolute Gasteiger partial charge is 0.00969 e. The van der Waals surface area contributed by atoms with Crippen molar-refractivity contribution in [3.63, 3.8) is 0 Å².